The molecule has 0 fully saturated rings. The van der Waals surface area contributed by atoms with Crippen LogP contribution >= 0.6 is 11.8 Å². The molecule has 2 heterocycles. The first kappa shape index (κ1) is 27.9. The standard InChI is InChI=1S/C30H29N5O5S/c1-3-40-21-14-12-20(13-15-21)32-27(37)18-41-30-34-23-10-6-5-9-22(23)28-33-24(29(38)35(28)30)16-26(36)31-17-19-8-4-7-11-25(19)39-2/h4-15,24H,3,16-18H2,1-2H3,(H,31,36)(H,32,37)/t24-/m1/s1. The van der Waals surface area contributed by atoms with Crippen LogP contribution in [0.25, 0.3) is 0 Å². The molecule has 3 amide bonds. The third kappa shape index (κ3) is 6.41. The molecule has 0 saturated carbocycles. The Bertz CT molecular complexity index is 1520. The number of thioether (sulfide) groups is 1. The highest BCUT2D eigenvalue weighted by Crippen LogP contribution is 2.34. The van der Waals surface area contributed by atoms with E-state index < -0.39 is 6.04 Å². The summed E-state index contributed by atoms with van der Waals surface area (Å²) in [5, 5.41) is 6.04. The number of fused-ring (bicyclic) bond motifs is 3. The molecule has 210 valence electrons. The van der Waals surface area contributed by atoms with Gasteiger partial charge >= 0.3 is 0 Å². The molecule has 0 unspecified atom stereocenters. The van der Waals surface area contributed by atoms with Crippen LogP contribution in [-0.4, -0.2) is 59.1 Å². The van der Waals surface area contributed by atoms with Crippen molar-refractivity contribution in [1.82, 2.24) is 10.2 Å². The largest absolute Gasteiger partial charge is 0.496 e. The predicted octanol–water partition coefficient (Wildman–Crippen LogP) is 4.13. The highest BCUT2D eigenvalue weighted by molar-refractivity contribution is 8.14. The van der Waals surface area contributed by atoms with Crippen LogP contribution in [0.15, 0.2) is 82.8 Å². The Balaban J connectivity index is 1.25. The minimum absolute atomic E-state index is 0.0231. The molecule has 0 spiro atoms. The van der Waals surface area contributed by atoms with Crippen molar-refractivity contribution in [2.24, 2.45) is 9.98 Å². The molecule has 0 radical (unpaired) electrons. The number of rotatable bonds is 10. The van der Waals surface area contributed by atoms with Crippen molar-refractivity contribution in [3.63, 3.8) is 0 Å². The molecular weight excluding hydrogens is 542 g/mol. The number of aliphatic imine (C=N–C) groups is 2. The Kier molecular flexibility index (Phi) is 8.64. The van der Waals surface area contributed by atoms with Gasteiger partial charge in [0.25, 0.3) is 5.91 Å². The molecule has 5 rings (SSSR count). The summed E-state index contributed by atoms with van der Waals surface area (Å²) in [5.41, 5.74) is 2.80. The smallest absolute Gasteiger partial charge is 0.259 e. The number of amides is 3. The monoisotopic (exact) mass is 571 g/mol. The number of hydrogen-bond donors (Lipinski definition) is 2. The number of carbonyl (C=O) groups is 3. The SMILES string of the molecule is CCOc1ccc(NC(=O)CSC2=Nc3ccccc3C3=N[C@H](CC(=O)NCc4ccccc4OC)C(=O)N23)cc1. The van der Waals surface area contributed by atoms with E-state index in [0.29, 0.717) is 40.3 Å². The lowest BCUT2D eigenvalue weighted by molar-refractivity contribution is -0.128. The molecule has 11 heteroatoms. The van der Waals surface area contributed by atoms with Crippen molar-refractivity contribution in [3.8, 4) is 11.5 Å². The van der Waals surface area contributed by atoms with E-state index in [2.05, 4.69) is 20.6 Å². The van der Waals surface area contributed by atoms with Gasteiger partial charge in [-0.05, 0) is 49.4 Å². The minimum Gasteiger partial charge on any atom is -0.496 e. The lowest BCUT2D eigenvalue weighted by Crippen LogP contribution is -2.42. The van der Waals surface area contributed by atoms with E-state index in [1.807, 2.05) is 55.5 Å². The molecule has 0 aromatic heterocycles. The van der Waals surface area contributed by atoms with E-state index in [4.69, 9.17) is 9.47 Å². The Morgan fingerprint density at radius 1 is 1.00 bits per heavy atom. The van der Waals surface area contributed by atoms with Crippen LogP contribution in [-0.2, 0) is 20.9 Å². The van der Waals surface area contributed by atoms with Gasteiger partial charge in [0.2, 0.25) is 11.8 Å². The Morgan fingerprint density at radius 2 is 1.76 bits per heavy atom. The highest BCUT2D eigenvalue weighted by Gasteiger charge is 2.42. The van der Waals surface area contributed by atoms with Gasteiger partial charge in [-0.1, -0.05) is 42.1 Å². The van der Waals surface area contributed by atoms with E-state index in [1.54, 1.807) is 31.4 Å². The van der Waals surface area contributed by atoms with Crippen molar-refractivity contribution in [3.05, 3.63) is 83.9 Å². The number of methoxy groups -OCH3 is 1. The fraction of sp³-hybridized carbons (Fsp3) is 0.233. The lowest BCUT2D eigenvalue weighted by Gasteiger charge is -2.25. The van der Waals surface area contributed by atoms with Gasteiger partial charge in [0.05, 0.1) is 31.6 Å². The number of carbonyl (C=O) groups excluding carboxylic acids is 3. The third-order valence-corrected chi connectivity index (χ3v) is 7.32. The topological polar surface area (TPSA) is 122 Å². The van der Waals surface area contributed by atoms with Crippen molar-refractivity contribution in [2.45, 2.75) is 25.9 Å². The number of ether oxygens (including phenoxy) is 2. The first-order valence-corrected chi connectivity index (χ1v) is 14.1. The molecule has 3 aromatic carbocycles. The highest BCUT2D eigenvalue weighted by atomic mass is 32.2. The first-order valence-electron chi connectivity index (χ1n) is 13.1. The Labute approximate surface area is 241 Å². The number of para-hydroxylation sites is 2. The zero-order valence-electron chi connectivity index (χ0n) is 22.6. The fourth-order valence-electron chi connectivity index (χ4n) is 4.45. The predicted molar refractivity (Wildman–Crippen MR) is 159 cm³/mol. The summed E-state index contributed by atoms with van der Waals surface area (Å²) in [6, 6.07) is 20.9. The lowest BCUT2D eigenvalue weighted by atomic mass is 10.1. The van der Waals surface area contributed by atoms with E-state index >= 15 is 0 Å². The van der Waals surface area contributed by atoms with E-state index in [0.717, 1.165) is 23.1 Å². The van der Waals surface area contributed by atoms with Crippen LogP contribution in [0.3, 0.4) is 0 Å². The number of benzene rings is 3. The summed E-state index contributed by atoms with van der Waals surface area (Å²) in [6.07, 6.45) is -0.119. The number of nitrogens with one attached hydrogen (secondary N) is 2. The van der Waals surface area contributed by atoms with Crippen LogP contribution in [0.2, 0.25) is 0 Å². The van der Waals surface area contributed by atoms with Gasteiger partial charge in [0.15, 0.2) is 5.17 Å². The number of nitrogens with zero attached hydrogens (tertiary/aromatic N) is 3. The van der Waals surface area contributed by atoms with Gasteiger partial charge in [-0.15, -0.1) is 0 Å². The summed E-state index contributed by atoms with van der Waals surface area (Å²) in [7, 11) is 1.57. The van der Waals surface area contributed by atoms with Gasteiger partial charge in [-0.3, -0.25) is 19.4 Å². The second-order valence-electron chi connectivity index (χ2n) is 9.14. The summed E-state index contributed by atoms with van der Waals surface area (Å²) in [6.45, 7) is 2.72. The summed E-state index contributed by atoms with van der Waals surface area (Å²) in [4.78, 5) is 49.7. The average Bonchev–Trinajstić information content (AvgIpc) is 3.32. The number of amidine groups is 2. The summed E-state index contributed by atoms with van der Waals surface area (Å²) >= 11 is 1.14. The van der Waals surface area contributed by atoms with Crippen molar-refractivity contribution in [1.29, 1.82) is 0 Å². The van der Waals surface area contributed by atoms with Gasteiger partial charge in [0.1, 0.15) is 23.4 Å². The Hall–Kier alpha value is -4.64. The second kappa shape index (κ2) is 12.7. The van der Waals surface area contributed by atoms with Crippen molar-refractivity contribution in [2.75, 3.05) is 24.8 Å². The first-order chi connectivity index (χ1) is 20.0. The maximum atomic E-state index is 13.5. The van der Waals surface area contributed by atoms with E-state index in [-0.39, 0.29) is 36.4 Å². The van der Waals surface area contributed by atoms with Crippen LogP contribution in [0.1, 0.15) is 24.5 Å². The minimum atomic E-state index is -0.905. The zero-order chi connectivity index (χ0) is 28.8. The van der Waals surface area contributed by atoms with E-state index in [1.165, 1.54) is 4.90 Å². The maximum absolute atomic E-state index is 13.5. The molecule has 0 saturated heterocycles. The quantitative estimate of drug-likeness (QED) is 0.378. The molecule has 2 aliphatic heterocycles. The second-order valence-corrected chi connectivity index (χ2v) is 10.1. The maximum Gasteiger partial charge on any atom is 0.259 e. The molecule has 0 bridgehead atoms. The van der Waals surface area contributed by atoms with Crippen LogP contribution in [0, 0.1) is 0 Å². The molecule has 3 aromatic rings. The molecule has 0 aliphatic carbocycles. The van der Waals surface area contributed by atoms with Gasteiger partial charge < -0.3 is 20.1 Å². The average molecular weight is 572 g/mol. The van der Waals surface area contributed by atoms with Crippen molar-refractivity contribution >= 4 is 51.9 Å². The Morgan fingerprint density at radius 3 is 2.54 bits per heavy atom. The molecule has 1 atom stereocenters. The number of anilines is 1. The van der Waals surface area contributed by atoms with Gasteiger partial charge in [-0.25, -0.2) is 9.89 Å². The van der Waals surface area contributed by atoms with Crippen LogP contribution in [0.4, 0.5) is 11.4 Å². The fourth-order valence-corrected chi connectivity index (χ4v) is 5.25. The van der Waals surface area contributed by atoms with Crippen molar-refractivity contribution < 1.29 is 23.9 Å². The molecular formula is C30H29N5O5S. The van der Waals surface area contributed by atoms with Gasteiger partial charge in [0, 0.05) is 23.4 Å². The summed E-state index contributed by atoms with van der Waals surface area (Å²) < 4.78 is 10.8. The molecule has 41 heavy (non-hydrogen) atoms. The molecule has 2 N–H and O–H groups in total. The van der Waals surface area contributed by atoms with Gasteiger partial charge in [-0.2, -0.15) is 0 Å². The van der Waals surface area contributed by atoms with Crippen LogP contribution in [0.5, 0.6) is 11.5 Å². The van der Waals surface area contributed by atoms with Crippen LogP contribution < -0.4 is 20.1 Å². The number of hydrogen-bond acceptors (Lipinski definition) is 8. The normalized spacial score (nSPS) is 15.3. The zero-order valence-corrected chi connectivity index (χ0v) is 23.4. The molecule has 10 nitrogen and oxygen atoms in total. The molecule has 2 aliphatic rings. The third-order valence-electron chi connectivity index (χ3n) is 6.38. The summed E-state index contributed by atoms with van der Waals surface area (Å²) in [5.74, 6) is 0.916. The van der Waals surface area contributed by atoms with E-state index in [9.17, 15) is 14.4 Å².